The van der Waals surface area contributed by atoms with Crippen LogP contribution in [0, 0.1) is 6.92 Å². The minimum atomic E-state index is 0.342. The van der Waals surface area contributed by atoms with E-state index in [4.69, 9.17) is 4.74 Å². The van der Waals surface area contributed by atoms with Gasteiger partial charge < -0.3 is 10.1 Å². The number of nitrogens with zero attached hydrogens (tertiary/aromatic N) is 3. The lowest BCUT2D eigenvalue weighted by atomic mass is 10.3. The quantitative estimate of drug-likeness (QED) is 0.842. The summed E-state index contributed by atoms with van der Waals surface area (Å²) in [6.45, 7) is 8.84. The average Bonchev–Trinajstić information content (AvgIpc) is 2.30. The molecule has 1 fully saturated rings. The highest BCUT2D eigenvalue weighted by Gasteiger charge is 2.13. The molecule has 0 bridgehead atoms. The molecule has 0 amide bonds. The summed E-state index contributed by atoms with van der Waals surface area (Å²) in [5, 5.41) is 3.33. The van der Waals surface area contributed by atoms with E-state index in [-0.39, 0.29) is 0 Å². The molecule has 0 radical (unpaired) electrons. The van der Waals surface area contributed by atoms with Crippen molar-refractivity contribution in [1.29, 1.82) is 0 Å². The van der Waals surface area contributed by atoms with Gasteiger partial charge in [0.1, 0.15) is 0 Å². The summed E-state index contributed by atoms with van der Waals surface area (Å²) in [4.78, 5) is 10.9. The second kappa shape index (κ2) is 5.93. The van der Waals surface area contributed by atoms with Crippen LogP contribution >= 0.6 is 0 Å². The maximum Gasteiger partial charge on any atom is 0.223 e. The second-order valence-corrected chi connectivity index (χ2v) is 4.48. The molecule has 0 spiro atoms. The van der Waals surface area contributed by atoms with Gasteiger partial charge in [0.05, 0.1) is 13.2 Å². The average molecular weight is 236 g/mol. The number of morpholine rings is 1. The van der Waals surface area contributed by atoms with E-state index in [1.807, 2.05) is 13.0 Å². The van der Waals surface area contributed by atoms with Crippen LogP contribution in [0.4, 0.5) is 5.95 Å². The van der Waals surface area contributed by atoms with Gasteiger partial charge in [-0.15, -0.1) is 0 Å². The van der Waals surface area contributed by atoms with Gasteiger partial charge in [-0.1, -0.05) is 0 Å². The van der Waals surface area contributed by atoms with Crippen molar-refractivity contribution in [3.05, 3.63) is 18.0 Å². The van der Waals surface area contributed by atoms with Crippen molar-refractivity contribution >= 4 is 5.95 Å². The van der Waals surface area contributed by atoms with Crippen LogP contribution in [0.2, 0.25) is 0 Å². The lowest BCUT2D eigenvalue weighted by Gasteiger charge is -2.29. The number of hydrogen-bond donors (Lipinski definition) is 1. The fourth-order valence-electron chi connectivity index (χ4n) is 1.96. The van der Waals surface area contributed by atoms with E-state index in [0.717, 1.165) is 38.5 Å². The van der Waals surface area contributed by atoms with Crippen molar-refractivity contribution in [1.82, 2.24) is 14.9 Å². The van der Waals surface area contributed by atoms with Gasteiger partial charge >= 0.3 is 0 Å². The van der Waals surface area contributed by atoms with E-state index in [0.29, 0.717) is 12.0 Å². The van der Waals surface area contributed by atoms with Gasteiger partial charge in [-0.2, -0.15) is 0 Å². The molecule has 1 unspecified atom stereocenters. The minimum absolute atomic E-state index is 0.342. The third kappa shape index (κ3) is 3.94. The third-order valence-electron chi connectivity index (χ3n) is 2.81. The third-order valence-corrected chi connectivity index (χ3v) is 2.81. The lowest BCUT2D eigenvalue weighted by Crippen LogP contribution is -2.42. The topological polar surface area (TPSA) is 50.3 Å². The fourth-order valence-corrected chi connectivity index (χ4v) is 1.96. The Hall–Kier alpha value is -1.20. The van der Waals surface area contributed by atoms with Crippen LogP contribution in [0.1, 0.15) is 12.6 Å². The van der Waals surface area contributed by atoms with E-state index in [1.54, 1.807) is 6.20 Å². The summed E-state index contributed by atoms with van der Waals surface area (Å²) in [6, 6.07) is 2.24. The van der Waals surface area contributed by atoms with Crippen LogP contribution in [-0.4, -0.2) is 53.8 Å². The molecule has 1 aromatic heterocycles. The van der Waals surface area contributed by atoms with E-state index in [9.17, 15) is 0 Å². The van der Waals surface area contributed by atoms with E-state index >= 15 is 0 Å². The number of anilines is 1. The van der Waals surface area contributed by atoms with Crippen molar-refractivity contribution in [3.8, 4) is 0 Å². The molecular weight excluding hydrogens is 216 g/mol. The Morgan fingerprint density at radius 1 is 1.47 bits per heavy atom. The first-order valence-corrected chi connectivity index (χ1v) is 6.10. The molecule has 1 N–H and O–H groups in total. The van der Waals surface area contributed by atoms with Crippen molar-refractivity contribution in [2.45, 2.75) is 19.9 Å². The number of ether oxygens (including phenoxy) is 1. The number of rotatable bonds is 4. The first kappa shape index (κ1) is 12.3. The van der Waals surface area contributed by atoms with Gasteiger partial charge in [-0.3, -0.25) is 4.90 Å². The Kier molecular flexibility index (Phi) is 4.28. The minimum Gasteiger partial charge on any atom is -0.379 e. The molecule has 1 aromatic rings. The Morgan fingerprint density at radius 3 is 2.94 bits per heavy atom. The van der Waals surface area contributed by atoms with Crippen molar-refractivity contribution in [2.75, 3.05) is 38.2 Å². The number of hydrogen-bond acceptors (Lipinski definition) is 5. The molecule has 1 aliphatic rings. The van der Waals surface area contributed by atoms with Gasteiger partial charge in [0, 0.05) is 37.6 Å². The number of nitrogens with one attached hydrogen (secondary N) is 1. The van der Waals surface area contributed by atoms with Gasteiger partial charge in [0.2, 0.25) is 5.95 Å². The summed E-state index contributed by atoms with van der Waals surface area (Å²) in [7, 11) is 0. The van der Waals surface area contributed by atoms with E-state index in [2.05, 4.69) is 27.1 Å². The van der Waals surface area contributed by atoms with Gasteiger partial charge in [0.15, 0.2) is 0 Å². The SMILES string of the molecule is Cc1ccnc(NC(C)CN2CCOCC2)n1. The Balaban J connectivity index is 1.82. The molecule has 1 atom stereocenters. The summed E-state index contributed by atoms with van der Waals surface area (Å²) in [5.74, 6) is 0.714. The first-order chi connectivity index (χ1) is 8.24. The van der Waals surface area contributed by atoms with Crippen LogP contribution in [0.15, 0.2) is 12.3 Å². The Morgan fingerprint density at radius 2 is 2.24 bits per heavy atom. The summed E-state index contributed by atoms with van der Waals surface area (Å²) >= 11 is 0. The Labute approximate surface area is 102 Å². The molecule has 1 saturated heterocycles. The maximum atomic E-state index is 5.33. The molecule has 0 aromatic carbocycles. The van der Waals surface area contributed by atoms with Crippen LogP contribution in [0.5, 0.6) is 0 Å². The van der Waals surface area contributed by atoms with Gasteiger partial charge in [0.25, 0.3) is 0 Å². The molecule has 1 aliphatic heterocycles. The van der Waals surface area contributed by atoms with Crippen molar-refractivity contribution in [3.63, 3.8) is 0 Å². The molecule has 0 saturated carbocycles. The second-order valence-electron chi connectivity index (χ2n) is 4.48. The largest absolute Gasteiger partial charge is 0.379 e. The van der Waals surface area contributed by atoms with Crippen molar-refractivity contribution < 1.29 is 4.74 Å². The molecule has 2 rings (SSSR count). The summed E-state index contributed by atoms with van der Waals surface area (Å²) < 4.78 is 5.33. The predicted molar refractivity (Wildman–Crippen MR) is 67.1 cm³/mol. The summed E-state index contributed by atoms with van der Waals surface area (Å²) in [5.41, 5.74) is 0.987. The lowest BCUT2D eigenvalue weighted by molar-refractivity contribution is 0.0368. The van der Waals surface area contributed by atoms with Crippen LogP contribution in [0.3, 0.4) is 0 Å². The first-order valence-electron chi connectivity index (χ1n) is 6.10. The van der Waals surface area contributed by atoms with Crippen LogP contribution < -0.4 is 5.32 Å². The monoisotopic (exact) mass is 236 g/mol. The maximum absolute atomic E-state index is 5.33. The molecule has 2 heterocycles. The number of aryl methyl sites for hydroxylation is 1. The zero-order valence-electron chi connectivity index (χ0n) is 10.5. The highest BCUT2D eigenvalue weighted by atomic mass is 16.5. The zero-order valence-corrected chi connectivity index (χ0v) is 10.5. The smallest absolute Gasteiger partial charge is 0.223 e. The van der Waals surface area contributed by atoms with E-state index in [1.165, 1.54) is 0 Å². The van der Waals surface area contributed by atoms with Crippen LogP contribution in [-0.2, 0) is 4.74 Å². The molecule has 5 nitrogen and oxygen atoms in total. The highest BCUT2D eigenvalue weighted by Crippen LogP contribution is 2.04. The molecule has 0 aliphatic carbocycles. The predicted octanol–water partition coefficient (Wildman–Crippen LogP) is 0.918. The summed E-state index contributed by atoms with van der Waals surface area (Å²) in [6.07, 6.45) is 1.78. The fraction of sp³-hybridized carbons (Fsp3) is 0.667. The molecular formula is C12H20N4O. The van der Waals surface area contributed by atoms with Crippen molar-refractivity contribution in [2.24, 2.45) is 0 Å². The highest BCUT2D eigenvalue weighted by molar-refractivity contribution is 5.26. The zero-order chi connectivity index (χ0) is 12.1. The molecule has 94 valence electrons. The van der Waals surface area contributed by atoms with E-state index < -0.39 is 0 Å². The number of aromatic nitrogens is 2. The normalized spacial score (nSPS) is 18.9. The van der Waals surface area contributed by atoms with Crippen LogP contribution in [0.25, 0.3) is 0 Å². The molecule has 5 heteroatoms. The Bertz CT molecular complexity index is 352. The van der Waals surface area contributed by atoms with Gasteiger partial charge in [-0.05, 0) is 19.9 Å². The molecule has 17 heavy (non-hydrogen) atoms. The standard InChI is InChI=1S/C12H20N4O/c1-10-3-4-13-12(14-10)15-11(2)9-16-5-7-17-8-6-16/h3-4,11H,5-9H2,1-2H3,(H,13,14,15). The van der Waals surface area contributed by atoms with Gasteiger partial charge in [-0.25, -0.2) is 9.97 Å².